The predicted molar refractivity (Wildman–Crippen MR) is 129 cm³/mol. The Morgan fingerprint density at radius 1 is 1.36 bits per heavy atom. The molecule has 2 rings (SSSR count). The van der Waals surface area contributed by atoms with Crippen molar-refractivity contribution in [2.45, 2.75) is 39.5 Å². The van der Waals surface area contributed by atoms with Gasteiger partial charge in [-0.2, -0.15) is 0 Å². The highest BCUT2D eigenvalue weighted by atomic mass is 127. The highest BCUT2D eigenvalue weighted by Crippen LogP contribution is 2.20. The first-order chi connectivity index (χ1) is 13.0. The number of ether oxygens (including phenoxy) is 1. The maximum atomic E-state index is 5.35. The zero-order chi connectivity index (χ0) is 19.8. The minimum Gasteiger partial charge on any atom is -0.375 e. The van der Waals surface area contributed by atoms with Gasteiger partial charge in [-0.25, -0.2) is 4.98 Å². The van der Waals surface area contributed by atoms with Crippen molar-refractivity contribution >= 4 is 41.3 Å². The standard InChI is InChI=1S/C19H36N6OS.HI/c1-7-24-8-10-25(11-9-24)15(2)12-21-19(20-4)23(5)13-17-14-27-18(22-17)16(3)26-6;/h14-16H,7-13H2,1-6H3,(H,20,21);1H. The lowest BCUT2D eigenvalue weighted by Gasteiger charge is -2.38. The van der Waals surface area contributed by atoms with Gasteiger partial charge in [-0.05, 0) is 20.4 Å². The highest BCUT2D eigenvalue weighted by Gasteiger charge is 2.20. The quantitative estimate of drug-likeness (QED) is 0.321. The van der Waals surface area contributed by atoms with E-state index in [0.717, 1.165) is 49.4 Å². The molecule has 1 N–H and O–H groups in total. The molecular formula is C19H37IN6OS. The van der Waals surface area contributed by atoms with Crippen LogP contribution < -0.4 is 5.32 Å². The highest BCUT2D eigenvalue weighted by molar-refractivity contribution is 14.0. The van der Waals surface area contributed by atoms with Crippen molar-refractivity contribution in [2.24, 2.45) is 4.99 Å². The fourth-order valence-electron chi connectivity index (χ4n) is 3.27. The Morgan fingerprint density at radius 2 is 2.04 bits per heavy atom. The van der Waals surface area contributed by atoms with Crippen molar-refractivity contribution in [1.29, 1.82) is 0 Å². The smallest absolute Gasteiger partial charge is 0.193 e. The van der Waals surface area contributed by atoms with Gasteiger partial charge in [0, 0.05) is 65.4 Å². The summed E-state index contributed by atoms with van der Waals surface area (Å²) in [4.78, 5) is 16.3. The molecule has 1 aliphatic heterocycles. The second-order valence-corrected chi connectivity index (χ2v) is 8.05. The molecule has 1 fully saturated rings. The molecule has 0 radical (unpaired) electrons. The van der Waals surface area contributed by atoms with E-state index in [0.29, 0.717) is 6.04 Å². The molecule has 0 saturated carbocycles. The monoisotopic (exact) mass is 524 g/mol. The van der Waals surface area contributed by atoms with E-state index in [-0.39, 0.29) is 30.1 Å². The molecule has 0 amide bonds. The lowest BCUT2D eigenvalue weighted by molar-refractivity contribution is 0.107. The maximum Gasteiger partial charge on any atom is 0.193 e. The summed E-state index contributed by atoms with van der Waals surface area (Å²) in [5.74, 6) is 0.906. The van der Waals surface area contributed by atoms with Gasteiger partial charge >= 0.3 is 0 Å². The lowest BCUT2D eigenvalue weighted by atomic mass is 10.2. The third kappa shape index (κ3) is 7.40. The fraction of sp³-hybridized carbons (Fsp3) is 0.789. The van der Waals surface area contributed by atoms with Crippen LogP contribution in [0.5, 0.6) is 0 Å². The zero-order valence-corrected chi connectivity index (χ0v) is 21.3. The van der Waals surface area contributed by atoms with Gasteiger partial charge in [-0.15, -0.1) is 35.3 Å². The molecule has 2 heterocycles. The number of rotatable bonds is 8. The number of guanidine groups is 1. The summed E-state index contributed by atoms with van der Waals surface area (Å²) in [5, 5.41) is 6.64. The van der Waals surface area contributed by atoms with Gasteiger partial charge in [-0.1, -0.05) is 6.92 Å². The van der Waals surface area contributed by atoms with Crippen molar-refractivity contribution < 1.29 is 4.74 Å². The number of aliphatic imine (C=N–C) groups is 1. The van der Waals surface area contributed by atoms with E-state index in [1.807, 2.05) is 14.0 Å². The zero-order valence-electron chi connectivity index (χ0n) is 18.1. The summed E-state index contributed by atoms with van der Waals surface area (Å²) in [7, 11) is 5.61. The van der Waals surface area contributed by atoms with Gasteiger partial charge < -0.3 is 19.9 Å². The normalized spacial score (nSPS) is 18.4. The largest absolute Gasteiger partial charge is 0.375 e. The molecule has 7 nitrogen and oxygen atoms in total. The van der Waals surface area contributed by atoms with Crippen molar-refractivity contribution in [3.63, 3.8) is 0 Å². The van der Waals surface area contributed by atoms with Gasteiger partial charge in [0.05, 0.1) is 12.2 Å². The van der Waals surface area contributed by atoms with Crippen LogP contribution >= 0.6 is 35.3 Å². The Kier molecular flexibility index (Phi) is 11.8. The second kappa shape index (κ2) is 12.9. The summed E-state index contributed by atoms with van der Waals surface area (Å²) >= 11 is 1.65. The van der Waals surface area contributed by atoms with Crippen LogP contribution in [0, 0.1) is 0 Å². The van der Waals surface area contributed by atoms with Crippen LogP contribution in [0.1, 0.15) is 37.6 Å². The summed E-state index contributed by atoms with van der Waals surface area (Å²) in [6.45, 7) is 14.0. The minimum atomic E-state index is 0. The molecule has 0 spiro atoms. The van der Waals surface area contributed by atoms with Crippen LogP contribution in [0.3, 0.4) is 0 Å². The van der Waals surface area contributed by atoms with Crippen LogP contribution in [0.2, 0.25) is 0 Å². The van der Waals surface area contributed by atoms with Crippen LogP contribution in [0.4, 0.5) is 0 Å². The van der Waals surface area contributed by atoms with Crippen molar-refractivity contribution in [3.8, 4) is 0 Å². The molecule has 162 valence electrons. The molecular weight excluding hydrogens is 487 g/mol. The van der Waals surface area contributed by atoms with Gasteiger partial charge in [0.25, 0.3) is 0 Å². The Hall–Kier alpha value is -0.490. The number of likely N-dealkylation sites (N-methyl/N-ethyl adjacent to an activating group) is 1. The van der Waals surface area contributed by atoms with Crippen LogP contribution in [-0.4, -0.2) is 92.2 Å². The third-order valence-electron chi connectivity index (χ3n) is 5.28. The van der Waals surface area contributed by atoms with Crippen molar-refractivity contribution in [3.05, 3.63) is 16.1 Å². The molecule has 1 saturated heterocycles. The number of nitrogens with zero attached hydrogens (tertiary/aromatic N) is 5. The fourth-order valence-corrected chi connectivity index (χ4v) is 4.12. The molecule has 2 unspecified atom stereocenters. The molecule has 0 aliphatic carbocycles. The van der Waals surface area contributed by atoms with E-state index >= 15 is 0 Å². The number of thiazole rings is 1. The van der Waals surface area contributed by atoms with Crippen LogP contribution in [-0.2, 0) is 11.3 Å². The number of aromatic nitrogens is 1. The van der Waals surface area contributed by atoms with Crippen molar-refractivity contribution in [1.82, 2.24) is 25.0 Å². The second-order valence-electron chi connectivity index (χ2n) is 7.16. The van der Waals surface area contributed by atoms with Gasteiger partial charge in [0.2, 0.25) is 0 Å². The molecule has 0 bridgehead atoms. The Labute approximate surface area is 191 Å². The Bertz CT molecular complexity index is 591. The number of piperazine rings is 1. The van der Waals surface area contributed by atoms with Gasteiger partial charge in [0.15, 0.2) is 5.96 Å². The summed E-state index contributed by atoms with van der Waals surface area (Å²) in [6, 6.07) is 0.489. The maximum absolute atomic E-state index is 5.35. The minimum absolute atomic E-state index is 0. The SMILES string of the molecule is CCN1CCN(C(C)CNC(=NC)N(C)Cc2csc(C(C)OC)n2)CC1.I. The first-order valence-corrected chi connectivity index (χ1v) is 10.7. The van der Waals surface area contributed by atoms with Crippen LogP contribution in [0.25, 0.3) is 0 Å². The number of hydrogen-bond donors (Lipinski definition) is 1. The molecule has 28 heavy (non-hydrogen) atoms. The summed E-state index contributed by atoms with van der Waals surface area (Å²) < 4.78 is 5.35. The lowest BCUT2D eigenvalue weighted by Crippen LogP contribution is -2.53. The number of halogens is 1. The molecule has 1 aromatic rings. The van der Waals surface area contributed by atoms with E-state index in [9.17, 15) is 0 Å². The average molecular weight is 525 g/mol. The number of hydrogen-bond acceptors (Lipinski definition) is 6. The molecule has 1 aromatic heterocycles. The Balaban J connectivity index is 0.00000392. The predicted octanol–water partition coefficient (Wildman–Crippen LogP) is 2.50. The first kappa shape index (κ1) is 25.5. The van der Waals surface area contributed by atoms with E-state index in [2.05, 4.69) is 56.3 Å². The van der Waals surface area contributed by atoms with Gasteiger partial charge in [-0.3, -0.25) is 9.89 Å². The third-order valence-corrected chi connectivity index (χ3v) is 6.33. The summed E-state index contributed by atoms with van der Waals surface area (Å²) in [5.41, 5.74) is 1.05. The van der Waals surface area contributed by atoms with Crippen molar-refractivity contribution in [2.75, 3.05) is 60.5 Å². The van der Waals surface area contributed by atoms with E-state index in [4.69, 9.17) is 4.74 Å². The first-order valence-electron chi connectivity index (χ1n) is 9.83. The molecule has 0 aromatic carbocycles. The topological polar surface area (TPSA) is 56.2 Å². The molecule has 2 atom stereocenters. The van der Waals surface area contributed by atoms with E-state index in [1.54, 1.807) is 18.4 Å². The average Bonchev–Trinajstić information content (AvgIpc) is 3.16. The van der Waals surface area contributed by atoms with E-state index in [1.165, 1.54) is 13.1 Å². The number of nitrogens with one attached hydrogen (secondary N) is 1. The number of methoxy groups -OCH3 is 1. The molecule has 9 heteroatoms. The van der Waals surface area contributed by atoms with E-state index < -0.39 is 0 Å². The Morgan fingerprint density at radius 3 is 2.61 bits per heavy atom. The summed E-state index contributed by atoms with van der Waals surface area (Å²) in [6.07, 6.45) is 0.0421. The van der Waals surface area contributed by atoms with Crippen LogP contribution in [0.15, 0.2) is 10.4 Å². The molecule has 1 aliphatic rings. The van der Waals surface area contributed by atoms with Gasteiger partial charge in [0.1, 0.15) is 11.1 Å².